The number of nitrogens with zero attached hydrogens (tertiary/aromatic N) is 4. The summed E-state index contributed by atoms with van der Waals surface area (Å²) in [5.74, 6) is 1.18. The van der Waals surface area contributed by atoms with Crippen molar-refractivity contribution < 1.29 is 18.3 Å². The van der Waals surface area contributed by atoms with Crippen LogP contribution in [0.3, 0.4) is 0 Å². The molecule has 9 heteroatoms. The summed E-state index contributed by atoms with van der Waals surface area (Å²) in [5.41, 5.74) is 1.17. The average molecular weight is 399 g/mol. The third kappa shape index (κ3) is 3.77. The number of imidazole rings is 1. The fourth-order valence-electron chi connectivity index (χ4n) is 2.98. The smallest absolute Gasteiger partial charge is 0.385 e. The highest BCUT2D eigenvalue weighted by atomic mass is 19.4. The van der Waals surface area contributed by atoms with Gasteiger partial charge in [-0.15, -0.1) is 0 Å². The van der Waals surface area contributed by atoms with E-state index in [1.165, 1.54) is 24.5 Å². The van der Waals surface area contributed by atoms with Gasteiger partial charge in [0.05, 0.1) is 29.0 Å². The number of hydrogen-bond donors (Lipinski definition) is 2. The van der Waals surface area contributed by atoms with E-state index in [9.17, 15) is 18.3 Å². The van der Waals surface area contributed by atoms with Crippen molar-refractivity contribution >= 4 is 22.5 Å². The lowest BCUT2D eigenvalue weighted by Crippen LogP contribution is -2.08. The topological polar surface area (TPSA) is 75.9 Å². The molecule has 148 valence electrons. The molecule has 0 spiro atoms. The Morgan fingerprint density at radius 1 is 1.00 bits per heavy atom. The molecule has 0 aliphatic rings. The minimum atomic E-state index is -4.39. The van der Waals surface area contributed by atoms with Crippen LogP contribution >= 0.6 is 0 Å². The van der Waals surface area contributed by atoms with Gasteiger partial charge < -0.3 is 10.4 Å². The molecule has 0 amide bonds. The summed E-state index contributed by atoms with van der Waals surface area (Å²) in [4.78, 5) is 13.1. The second-order valence-corrected chi connectivity index (χ2v) is 6.43. The van der Waals surface area contributed by atoms with Gasteiger partial charge >= 0.3 is 6.18 Å². The van der Waals surface area contributed by atoms with E-state index in [2.05, 4.69) is 20.3 Å². The number of aliphatic hydroxyl groups excluding tert-OH is 1. The number of halogens is 3. The molecule has 0 aliphatic carbocycles. The molecule has 0 aliphatic heterocycles. The molecule has 4 aromatic rings. The molecule has 0 fully saturated rings. The SMILES string of the molecule is C[C@H](O)c1nc2ccccc2n1-c1cncc(Nc2ccc(C(F)(F)F)cc2)n1. The Morgan fingerprint density at radius 2 is 1.72 bits per heavy atom. The minimum Gasteiger partial charge on any atom is -0.385 e. The summed E-state index contributed by atoms with van der Waals surface area (Å²) in [6.45, 7) is 1.61. The third-order valence-electron chi connectivity index (χ3n) is 4.30. The van der Waals surface area contributed by atoms with E-state index in [1.54, 1.807) is 11.5 Å². The van der Waals surface area contributed by atoms with Crippen LogP contribution in [0.1, 0.15) is 24.4 Å². The number of fused-ring (bicyclic) bond motifs is 1. The minimum absolute atomic E-state index is 0.344. The summed E-state index contributed by atoms with van der Waals surface area (Å²) >= 11 is 0. The second kappa shape index (κ2) is 7.17. The molecular formula is C20H16F3N5O. The van der Waals surface area contributed by atoms with Gasteiger partial charge in [0.1, 0.15) is 11.9 Å². The average Bonchev–Trinajstić information content (AvgIpc) is 3.08. The van der Waals surface area contributed by atoms with Crippen LogP contribution in [0.25, 0.3) is 16.9 Å². The van der Waals surface area contributed by atoms with Crippen molar-refractivity contribution in [1.29, 1.82) is 0 Å². The largest absolute Gasteiger partial charge is 0.416 e. The normalized spacial score (nSPS) is 12.9. The van der Waals surface area contributed by atoms with Crippen molar-refractivity contribution in [3.8, 4) is 5.82 Å². The zero-order valence-corrected chi connectivity index (χ0v) is 15.2. The monoisotopic (exact) mass is 399 g/mol. The van der Waals surface area contributed by atoms with E-state index in [4.69, 9.17) is 0 Å². The third-order valence-corrected chi connectivity index (χ3v) is 4.30. The molecule has 0 saturated heterocycles. The predicted molar refractivity (Wildman–Crippen MR) is 102 cm³/mol. The predicted octanol–water partition coefficient (Wildman–Crippen LogP) is 4.63. The van der Waals surface area contributed by atoms with Crippen molar-refractivity contribution in [2.45, 2.75) is 19.2 Å². The first-order chi connectivity index (χ1) is 13.8. The number of benzene rings is 2. The fourth-order valence-corrected chi connectivity index (χ4v) is 2.98. The Morgan fingerprint density at radius 3 is 2.41 bits per heavy atom. The van der Waals surface area contributed by atoms with Gasteiger partial charge in [-0.2, -0.15) is 13.2 Å². The molecule has 1 atom stereocenters. The molecule has 0 bridgehead atoms. The van der Waals surface area contributed by atoms with Gasteiger partial charge in [0.15, 0.2) is 11.6 Å². The van der Waals surface area contributed by atoms with E-state index in [1.807, 2.05) is 24.3 Å². The standard InChI is InChI=1S/C20H16F3N5O/c1-12(29)19-26-15-4-2-3-5-16(15)28(19)18-11-24-10-17(27-18)25-14-8-6-13(7-9-14)20(21,22)23/h2-12,29H,1H3,(H,25,27)/t12-/m0/s1. The van der Waals surface area contributed by atoms with Gasteiger partial charge in [0, 0.05) is 5.69 Å². The van der Waals surface area contributed by atoms with Crippen molar-refractivity contribution in [1.82, 2.24) is 19.5 Å². The van der Waals surface area contributed by atoms with Crippen LogP contribution in [-0.4, -0.2) is 24.6 Å². The lowest BCUT2D eigenvalue weighted by atomic mass is 10.2. The van der Waals surface area contributed by atoms with Crippen LogP contribution in [0.4, 0.5) is 24.7 Å². The number of alkyl halides is 3. The first-order valence-electron chi connectivity index (χ1n) is 8.75. The molecule has 2 aromatic carbocycles. The summed E-state index contributed by atoms with van der Waals surface area (Å²) < 4.78 is 39.8. The number of rotatable bonds is 4. The van der Waals surface area contributed by atoms with Gasteiger partial charge in [-0.25, -0.2) is 9.97 Å². The van der Waals surface area contributed by atoms with Crippen LogP contribution in [0.2, 0.25) is 0 Å². The summed E-state index contributed by atoms with van der Waals surface area (Å²) in [7, 11) is 0. The Bertz CT molecular complexity index is 1150. The van der Waals surface area contributed by atoms with E-state index in [0.29, 0.717) is 28.7 Å². The molecule has 0 radical (unpaired) electrons. The second-order valence-electron chi connectivity index (χ2n) is 6.43. The number of aliphatic hydroxyl groups is 1. The fraction of sp³-hybridized carbons (Fsp3) is 0.150. The van der Waals surface area contributed by atoms with Crippen LogP contribution in [-0.2, 0) is 6.18 Å². The van der Waals surface area contributed by atoms with E-state index >= 15 is 0 Å². The van der Waals surface area contributed by atoms with Gasteiger partial charge in [0.25, 0.3) is 0 Å². The van der Waals surface area contributed by atoms with Gasteiger partial charge in [0.2, 0.25) is 0 Å². The number of nitrogens with one attached hydrogen (secondary N) is 1. The molecule has 2 aromatic heterocycles. The van der Waals surface area contributed by atoms with Gasteiger partial charge in [-0.05, 0) is 43.3 Å². The maximum absolute atomic E-state index is 12.7. The molecular weight excluding hydrogens is 383 g/mol. The van der Waals surface area contributed by atoms with Gasteiger partial charge in [-0.1, -0.05) is 12.1 Å². The van der Waals surface area contributed by atoms with Gasteiger partial charge in [-0.3, -0.25) is 9.55 Å². The van der Waals surface area contributed by atoms with Crippen LogP contribution in [0, 0.1) is 0 Å². The molecule has 6 nitrogen and oxygen atoms in total. The van der Waals surface area contributed by atoms with Crippen LogP contribution < -0.4 is 5.32 Å². The molecule has 2 N–H and O–H groups in total. The highest BCUT2D eigenvalue weighted by molar-refractivity contribution is 5.78. The zero-order chi connectivity index (χ0) is 20.6. The lowest BCUT2D eigenvalue weighted by Gasteiger charge is -2.12. The lowest BCUT2D eigenvalue weighted by molar-refractivity contribution is -0.137. The molecule has 2 heterocycles. The number of aromatic nitrogens is 4. The van der Waals surface area contributed by atoms with E-state index in [0.717, 1.165) is 17.6 Å². The molecule has 4 rings (SSSR count). The Kier molecular flexibility index (Phi) is 4.67. The maximum Gasteiger partial charge on any atom is 0.416 e. The number of para-hydroxylation sites is 2. The first kappa shape index (κ1) is 18.9. The van der Waals surface area contributed by atoms with Crippen molar-refractivity contribution in [2.24, 2.45) is 0 Å². The number of hydrogen-bond acceptors (Lipinski definition) is 5. The van der Waals surface area contributed by atoms with Crippen LogP contribution in [0.5, 0.6) is 0 Å². The Labute approximate surface area is 163 Å². The van der Waals surface area contributed by atoms with Crippen molar-refractivity contribution in [3.63, 3.8) is 0 Å². The Balaban J connectivity index is 1.70. The maximum atomic E-state index is 12.7. The quantitative estimate of drug-likeness (QED) is 0.523. The molecule has 0 unspecified atom stereocenters. The summed E-state index contributed by atoms with van der Waals surface area (Å²) in [6, 6.07) is 12.0. The molecule has 0 saturated carbocycles. The van der Waals surface area contributed by atoms with E-state index in [-0.39, 0.29) is 0 Å². The highest BCUT2D eigenvalue weighted by Crippen LogP contribution is 2.30. The highest BCUT2D eigenvalue weighted by Gasteiger charge is 2.29. The summed E-state index contributed by atoms with van der Waals surface area (Å²) in [6.07, 6.45) is -2.24. The van der Waals surface area contributed by atoms with Crippen LogP contribution in [0.15, 0.2) is 60.9 Å². The summed E-state index contributed by atoms with van der Waals surface area (Å²) in [5, 5.41) is 13.1. The Hall–Kier alpha value is -3.46. The molecule has 29 heavy (non-hydrogen) atoms. The first-order valence-corrected chi connectivity index (χ1v) is 8.75. The van der Waals surface area contributed by atoms with Crippen molar-refractivity contribution in [2.75, 3.05) is 5.32 Å². The zero-order valence-electron chi connectivity index (χ0n) is 15.2. The van der Waals surface area contributed by atoms with Crippen molar-refractivity contribution in [3.05, 3.63) is 72.3 Å². The van der Waals surface area contributed by atoms with E-state index < -0.39 is 17.8 Å². The number of anilines is 2.